The molecule has 0 unspecified atom stereocenters. The number of fused-ring (bicyclic) bond motifs is 1. The highest BCUT2D eigenvalue weighted by Gasteiger charge is 2.60. The molecular formula is C26H24N4O2. The van der Waals surface area contributed by atoms with Crippen LogP contribution in [0.5, 0.6) is 5.75 Å². The van der Waals surface area contributed by atoms with Crippen LogP contribution in [0, 0.1) is 19.8 Å². The Morgan fingerprint density at radius 3 is 2.69 bits per heavy atom. The Morgan fingerprint density at radius 2 is 1.88 bits per heavy atom. The Labute approximate surface area is 186 Å². The van der Waals surface area contributed by atoms with E-state index in [1.165, 1.54) is 0 Å². The fourth-order valence-electron chi connectivity index (χ4n) is 4.33. The van der Waals surface area contributed by atoms with E-state index in [1.807, 2.05) is 62.4 Å². The number of aryl methyl sites for hydroxylation is 2. The smallest absolute Gasteiger partial charge is 0.228 e. The Morgan fingerprint density at radius 1 is 1.06 bits per heavy atom. The van der Waals surface area contributed by atoms with Gasteiger partial charge >= 0.3 is 0 Å². The highest BCUT2D eigenvalue weighted by Crippen LogP contribution is 2.55. The molecule has 0 radical (unpaired) electrons. The lowest BCUT2D eigenvalue weighted by Crippen LogP contribution is -2.26. The second-order valence-corrected chi connectivity index (χ2v) is 8.30. The number of nitrogens with one attached hydrogen (secondary N) is 1. The van der Waals surface area contributed by atoms with Gasteiger partial charge in [0.2, 0.25) is 5.91 Å². The molecule has 32 heavy (non-hydrogen) atoms. The third kappa shape index (κ3) is 3.68. The van der Waals surface area contributed by atoms with Crippen LogP contribution in [0.2, 0.25) is 0 Å². The molecule has 2 aromatic heterocycles. The van der Waals surface area contributed by atoms with Crippen molar-refractivity contribution >= 4 is 22.5 Å². The Kier molecular flexibility index (Phi) is 5.05. The summed E-state index contributed by atoms with van der Waals surface area (Å²) >= 11 is 0. The van der Waals surface area contributed by atoms with Crippen molar-refractivity contribution in [2.75, 3.05) is 11.9 Å². The van der Waals surface area contributed by atoms with Gasteiger partial charge in [-0.25, -0.2) is 9.97 Å². The predicted molar refractivity (Wildman–Crippen MR) is 124 cm³/mol. The summed E-state index contributed by atoms with van der Waals surface area (Å²) in [6.45, 7) is 4.14. The van der Waals surface area contributed by atoms with Gasteiger partial charge in [-0.1, -0.05) is 48.5 Å². The molecule has 5 rings (SSSR count). The molecule has 0 aliphatic heterocycles. The molecule has 0 bridgehead atoms. The third-order valence-electron chi connectivity index (χ3n) is 6.17. The second-order valence-electron chi connectivity index (χ2n) is 8.30. The number of carbonyl (C=O) groups is 1. The van der Waals surface area contributed by atoms with Crippen molar-refractivity contribution in [3.63, 3.8) is 0 Å². The topological polar surface area (TPSA) is 77.0 Å². The maximum Gasteiger partial charge on any atom is 0.228 e. The van der Waals surface area contributed by atoms with Crippen molar-refractivity contribution in [2.24, 2.45) is 5.92 Å². The molecule has 2 heterocycles. The largest absolute Gasteiger partial charge is 0.489 e. The number of anilines is 1. The molecule has 1 amide bonds. The van der Waals surface area contributed by atoms with Crippen LogP contribution in [-0.2, 0) is 10.2 Å². The quantitative estimate of drug-likeness (QED) is 0.489. The number of hydrogen-bond acceptors (Lipinski definition) is 5. The van der Waals surface area contributed by atoms with Crippen LogP contribution in [0.1, 0.15) is 23.5 Å². The fourth-order valence-corrected chi connectivity index (χ4v) is 4.33. The number of aromatic nitrogens is 3. The number of pyridine rings is 1. The molecule has 2 aromatic carbocycles. The normalized spacial score (nSPS) is 19.5. The maximum absolute atomic E-state index is 13.3. The van der Waals surface area contributed by atoms with Crippen molar-refractivity contribution in [1.82, 2.24) is 15.0 Å². The summed E-state index contributed by atoms with van der Waals surface area (Å²) < 4.78 is 6.16. The summed E-state index contributed by atoms with van der Waals surface area (Å²) in [6.07, 6.45) is 4.16. The number of nitrogens with zero attached hydrogens (tertiary/aromatic N) is 3. The Hall–Kier alpha value is -3.80. The summed E-state index contributed by atoms with van der Waals surface area (Å²) in [7, 11) is 0. The summed E-state index contributed by atoms with van der Waals surface area (Å²) in [5.41, 5.74) is 3.02. The SMILES string of the molecule is Cc1ncc(OC[C@@]2(c3ccccc3)C[C@H]2C(=O)Nc2cccc3cccnc23)c(C)n1. The van der Waals surface area contributed by atoms with Gasteiger partial charge in [-0.15, -0.1) is 0 Å². The van der Waals surface area contributed by atoms with E-state index in [0.29, 0.717) is 24.6 Å². The minimum absolute atomic E-state index is 0.0208. The minimum Gasteiger partial charge on any atom is -0.489 e. The van der Waals surface area contributed by atoms with Crippen LogP contribution < -0.4 is 10.1 Å². The molecule has 6 heteroatoms. The van der Waals surface area contributed by atoms with Gasteiger partial charge < -0.3 is 10.1 Å². The van der Waals surface area contributed by atoms with Gasteiger partial charge in [0.05, 0.1) is 35.6 Å². The number of amides is 1. The first-order valence-electron chi connectivity index (χ1n) is 10.7. The summed E-state index contributed by atoms with van der Waals surface area (Å²) in [6, 6.07) is 19.8. The van der Waals surface area contributed by atoms with Crippen molar-refractivity contribution in [3.8, 4) is 5.75 Å². The number of carbonyl (C=O) groups excluding carboxylic acids is 1. The van der Waals surface area contributed by atoms with Gasteiger partial charge in [0.15, 0.2) is 5.75 Å². The second kappa shape index (κ2) is 8.04. The lowest BCUT2D eigenvalue weighted by atomic mass is 9.93. The number of hydrogen-bond donors (Lipinski definition) is 1. The zero-order valence-electron chi connectivity index (χ0n) is 18.1. The molecule has 1 fully saturated rings. The van der Waals surface area contributed by atoms with Crippen LogP contribution in [0.25, 0.3) is 10.9 Å². The maximum atomic E-state index is 13.3. The number of para-hydroxylation sites is 1. The van der Waals surface area contributed by atoms with E-state index in [4.69, 9.17) is 4.74 Å². The molecule has 1 aliphatic rings. The first kappa shape index (κ1) is 20.1. The van der Waals surface area contributed by atoms with Crippen LogP contribution in [-0.4, -0.2) is 27.5 Å². The van der Waals surface area contributed by atoms with Crippen molar-refractivity contribution in [1.29, 1.82) is 0 Å². The lowest BCUT2D eigenvalue weighted by molar-refractivity contribution is -0.117. The van der Waals surface area contributed by atoms with Gasteiger partial charge in [-0.3, -0.25) is 9.78 Å². The summed E-state index contributed by atoms with van der Waals surface area (Å²) in [5, 5.41) is 4.10. The van der Waals surface area contributed by atoms with Gasteiger partial charge in [0.25, 0.3) is 0 Å². The van der Waals surface area contributed by atoms with Gasteiger partial charge in [0.1, 0.15) is 5.82 Å². The molecule has 1 saturated carbocycles. The third-order valence-corrected chi connectivity index (χ3v) is 6.17. The Bertz CT molecular complexity index is 1290. The van der Waals surface area contributed by atoms with E-state index in [-0.39, 0.29) is 17.2 Å². The van der Waals surface area contributed by atoms with E-state index in [2.05, 4.69) is 32.4 Å². The minimum atomic E-state index is -0.388. The molecule has 1 aliphatic carbocycles. The number of benzene rings is 2. The average molecular weight is 425 g/mol. The standard InChI is InChI=1S/C26H24N4O2/c1-17-23(15-28-18(2)29-17)32-16-26(20-10-4-3-5-11-20)14-21(26)25(31)30-22-12-6-8-19-9-7-13-27-24(19)22/h3-13,15,21H,14,16H2,1-2H3,(H,30,31)/t21-,26+/m0/s1. The summed E-state index contributed by atoms with van der Waals surface area (Å²) in [5.74, 6) is 1.14. The van der Waals surface area contributed by atoms with Crippen LogP contribution in [0.3, 0.4) is 0 Å². The molecule has 1 N–H and O–H groups in total. The molecular weight excluding hydrogens is 400 g/mol. The number of rotatable bonds is 6. The predicted octanol–water partition coefficient (Wildman–Crippen LogP) is 4.62. The van der Waals surface area contributed by atoms with Crippen LogP contribution in [0.4, 0.5) is 5.69 Å². The van der Waals surface area contributed by atoms with Crippen molar-refractivity contribution in [2.45, 2.75) is 25.7 Å². The van der Waals surface area contributed by atoms with E-state index >= 15 is 0 Å². The highest BCUT2D eigenvalue weighted by atomic mass is 16.5. The monoisotopic (exact) mass is 424 g/mol. The highest BCUT2D eigenvalue weighted by molar-refractivity contribution is 6.02. The zero-order valence-corrected chi connectivity index (χ0v) is 18.1. The van der Waals surface area contributed by atoms with E-state index in [0.717, 1.165) is 27.8 Å². The molecule has 160 valence electrons. The fraction of sp³-hybridized carbons (Fsp3) is 0.231. The summed E-state index contributed by atoms with van der Waals surface area (Å²) in [4.78, 5) is 26.4. The zero-order chi connectivity index (χ0) is 22.1. The molecule has 0 spiro atoms. The molecule has 0 saturated heterocycles. The van der Waals surface area contributed by atoms with Crippen molar-refractivity contribution < 1.29 is 9.53 Å². The number of ether oxygens (including phenoxy) is 1. The van der Waals surface area contributed by atoms with E-state index in [9.17, 15) is 4.79 Å². The van der Waals surface area contributed by atoms with Gasteiger partial charge in [-0.2, -0.15) is 0 Å². The van der Waals surface area contributed by atoms with Crippen LogP contribution >= 0.6 is 0 Å². The average Bonchev–Trinajstić information content (AvgIpc) is 3.55. The lowest BCUT2D eigenvalue weighted by Gasteiger charge is -2.20. The molecule has 4 aromatic rings. The van der Waals surface area contributed by atoms with Crippen molar-refractivity contribution in [3.05, 3.63) is 90.1 Å². The van der Waals surface area contributed by atoms with E-state index < -0.39 is 0 Å². The van der Waals surface area contributed by atoms with Crippen LogP contribution in [0.15, 0.2) is 73.1 Å². The first-order chi connectivity index (χ1) is 15.6. The molecule has 2 atom stereocenters. The first-order valence-corrected chi connectivity index (χ1v) is 10.7. The van der Waals surface area contributed by atoms with Gasteiger partial charge in [0, 0.05) is 17.0 Å². The van der Waals surface area contributed by atoms with E-state index in [1.54, 1.807) is 12.4 Å². The molecule has 6 nitrogen and oxygen atoms in total. The van der Waals surface area contributed by atoms with Gasteiger partial charge in [-0.05, 0) is 38.0 Å². The Balaban J connectivity index is 1.40.